The molecule has 6 aliphatic rings. The van der Waals surface area contributed by atoms with E-state index >= 15 is 0 Å². The number of carbonyl (C=O) groups excluding carboxylic acids is 1. The topological polar surface area (TPSA) is 181 Å². The number of phenols is 2. The molecule has 2 fully saturated rings. The minimum atomic E-state index is -1.38. The molecule has 2 aliphatic carbocycles. The number of piperidine rings is 1. The van der Waals surface area contributed by atoms with E-state index in [1.54, 1.807) is 30.3 Å². The summed E-state index contributed by atoms with van der Waals surface area (Å²) in [5.74, 6) is 2.23. The number of likely N-dealkylation sites (N-methyl/N-ethyl adjacent to an activating group) is 1. The summed E-state index contributed by atoms with van der Waals surface area (Å²) in [7, 11) is 2.22. The number of nitrogens with zero attached hydrogens (tertiary/aromatic N) is 4. The first-order valence-corrected chi connectivity index (χ1v) is 19.5. The van der Waals surface area contributed by atoms with Crippen molar-refractivity contribution in [2.24, 2.45) is 5.92 Å². The Hall–Kier alpha value is -5.83. The van der Waals surface area contributed by atoms with Crippen molar-refractivity contribution in [3.8, 4) is 34.5 Å². The van der Waals surface area contributed by atoms with E-state index in [9.17, 15) is 20.1 Å². The first-order valence-electron chi connectivity index (χ1n) is 19.1. The van der Waals surface area contributed by atoms with Gasteiger partial charge in [-0.25, -0.2) is 4.79 Å². The number of ether oxygens (including phenoxy) is 4. The van der Waals surface area contributed by atoms with Gasteiger partial charge >= 0.3 is 5.97 Å². The summed E-state index contributed by atoms with van der Waals surface area (Å²) in [6.45, 7) is 1.60. The summed E-state index contributed by atoms with van der Waals surface area (Å²) < 4.78 is 25.2. The van der Waals surface area contributed by atoms with Crippen molar-refractivity contribution in [2.45, 2.75) is 54.9 Å². The number of aliphatic hydroxyl groups is 1. The normalized spacial score (nSPS) is 25.3. The minimum Gasteiger partial charge on any atom is -0.508 e. The van der Waals surface area contributed by atoms with Crippen molar-refractivity contribution in [1.82, 2.24) is 19.9 Å². The highest BCUT2D eigenvalue weighted by molar-refractivity contribution is 6.28. The molecule has 2 spiro atoms. The first kappa shape index (κ1) is 34.4. The standard InChI is InChI=1S/C42H37ClN6O8/c1-49-14-12-41-26-9-10-30(52)36(41)56-35-31(11-2-20(34(35)41)16-29(26)49)54-15-13-44-39-46-38(43)47-40(48-39)45-21-3-6-25-24(17-21)37(53)57-42(25)27-7-4-22(50)18-32(27)55-33-19-23(51)5-8-28(33)42/h2-8,11,17-19,26,29-30,36,50-52H,9-10,12-16H2,1H3,(H2,44,45,46,47,48)/t26-,29+,30-,36-,41-/m0/s1. The lowest BCUT2D eigenvalue weighted by molar-refractivity contribution is -0.0993. The third-order valence-electron chi connectivity index (χ3n) is 12.8. The third-order valence-corrected chi connectivity index (χ3v) is 13.0. The largest absolute Gasteiger partial charge is 0.508 e. The molecule has 5 atom stereocenters. The molecule has 1 aromatic heterocycles. The number of hydrogen-bond donors (Lipinski definition) is 5. The lowest BCUT2D eigenvalue weighted by Crippen LogP contribution is -2.66. The lowest BCUT2D eigenvalue weighted by Gasteiger charge is -2.58. The van der Waals surface area contributed by atoms with Gasteiger partial charge in [0.2, 0.25) is 17.2 Å². The van der Waals surface area contributed by atoms with Crippen LogP contribution in [0.25, 0.3) is 0 Å². The van der Waals surface area contributed by atoms with E-state index in [0.717, 1.165) is 38.0 Å². The van der Waals surface area contributed by atoms with Crippen molar-refractivity contribution in [2.75, 3.05) is 37.4 Å². The molecule has 5 N–H and O–H groups in total. The molecule has 0 amide bonds. The van der Waals surface area contributed by atoms with Crippen LogP contribution in [0.3, 0.4) is 0 Å². The zero-order valence-corrected chi connectivity index (χ0v) is 31.4. The Morgan fingerprint density at radius 1 is 0.947 bits per heavy atom. The quantitative estimate of drug-likeness (QED) is 0.0991. The van der Waals surface area contributed by atoms with Crippen LogP contribution in [-0.2, 0) is 22.2 Å². The summed E-state index contributed by atoms with van der Waals surface area (Å²) in [5.41, 5.74) is 3.37. The van der Waals surface area contributed by atoms with Crippen LogP contribution in [0.4, 0.5) is 17.6 Å². The van der Waals surface area contributed by atoms with Gasteiger partial charge in [-0.1, -0.05) is 12.1 Å². The Balaban J connectivity index is 0.816. The van der Waals surface area contributed by atoms with E-state index in [2.05, 4.69) is 43.6 Å². The van der Waals surface area contributed by atoms with E-state index < -0.39 is 17.7 Å². The van der Waals surface area contributed by atoms with Crippen LogP contribution in [0.2, 0.25) is 5.28 Å². The van der Waals surface area contributed by atoms with Gasteiger partial charge in [0.1, 0.15) is 35.7 Å². The minimum absolute atomic E-state index is 0.0244. The van der Waals surface area contributed by atoms with Gasteiger partial charge in [-0.15, -0.1) is 0 Å². The number of nitrogens with one attached hydrogen (secondary N) is 2. The summed E-state index contributed by atoms with van der Waals surface area (Å²) >= 11 is 6.34. The molecule has 15 heteroatoms. The predicted molar refractivity (Wildman–Crippen MR) is 206 cm³/mol. The highest BCUT2D eigenvalue weighted by Crippen LogP contribution is 2.64. The van der Waals surface area contributed by atoms with Crippen LogP contribution in [0.15, 0.2) is 66.7 Å². The number of halogens is 1. The number of anilines is 3. The monoisotopic (exact) mass is 788 g/mol. The number of fused-ring (bicyclic) bond motifs is 6. The third kappa shape index (κ3) is 4.96. The molecule has 4 aromatic carbocycles. The second kappa shape index (κ2) is 12.3. The molecule has 14 nitrogen and oxygen atoms in total. The number of carbonyl (C=O) groups is 1. The second-order valence-electron chi connectivity index (χ2n) is 15.7. The number of hydrogen-bond acceptors (Lipinski definition) is 14. The number of aromatic nitrogens is 3. The van der Waals surface area contributed by atoms with Gasteiger partial charge < -0.3 is 49.8 Å². The molecule has 1 saturated carbocycles. The van der Waals surface area contributed by atoms with E-state index in [4.69, 9.17) is 30.5 Å². The second-order valence-corrected chi connectivity index (χ2v) is 16.0. The molecular weight excluding hydrogens is 752 g/mol. The maximum Gasteiger partial charge on any atom is 0.340 e. The van der Waals surface area contributed by atoms with Crippen molar-refractivity contribution in [3.05, 3.63) is 105 Å². The Bertz CT molecular complexity index is 2490. The lowest BCUT2D eigenvalue weighted by atomic mass is 9.51. The SMILES string of the molecule is CN1CC[C@]23c4c5ccc(OCCNc6nc(Cl)nc(Nc7ccc8c(c7)C(=O)OC87c8ccc(O)cc8Oc8cc(O)ccc87)n6)c4O[C@H]2[C@@H](O)CC[C@H]3[C@H]1C5. The molecule has 11 rings (SSSR count). The maximum atomic E-state index is 13.6. The van der Waals surface area contributed by atoms with Gasteiger partial charge in [-0.3, -0.25) is 0 Å². The van der Waals surface area contributed by atoms with Crippen molar-refractivity contribution in [1.29, 1.82) is 0 Å². The summed E-state index contributed by atoms with van der Waals surface area (Å²) in [6.07, 6.45) is 2.90. The van der Waals surface area contributed by atoms with Gasteiger partial charge in [-0.05, 0) is 105 Å². The van der Waals surface area contributed by atoms with E-state index in [1.165, 1.54) is 35.4 Å². The van der Waals surface area contributed by atoms with Crippen LogP contribution in [-0.4, -0.2) is 86.1 Å². The number of aromatic hydroxyl groups is 2. The fourth-order valence-electron chi connectivity index (χ4n) is 10.5. The van der Waals surface area contributed by atoms with Gasteiger partial charge in [0.15, 0.2) is 17.1 Å². The fraction of sp³-hybridized carbons (Fsp3) is 0.333. The highest BCUT2D eigenvalue weighted by Gasteiger charge is 2.65. The number of rotatable bonds is 7. The van der Waals surface area contributed by atoms with Crippen LogP contribution in [0.5, 0.6) is 34.5 Å². The number of aliphatic hydroxyl groups excluding tert-OH is 1. The molecular formula is C42H37ClN6O8. The Morgan fingerprint density at radius 3 is 2.49 bits per heavy atom. The molecule has 0 unspecified atom stereocenters. The summed E-state index contributed by atoms with van der Waals surface area (Å²) in [4.78, 5) is 29.1. The number of phenolic OH excluding ortho intramolecular Hbond substituents is 2. The van der Waals surface area contributed by atoms with E-state index in [1.807, 2.05) is 6.07 Å². The molecule has 5 heterocycles. The van der Waals surface area contributed by atoms with Crippen LogP contribution in [0.1, 0.15) is 57.4 Å². The molecule has 290 valence electrons. The maximum absolute atomic E-state index is 13.6. The predicted octanol–water partition coefficient (Wildman–Crippen LogP) is 5.77. The molecule has 4 aliphatic heterocycles. The average molecular weight is 789 g/mol. The molecule has 2 bridgehead atoms. The van der Waals surface area contributed by atoms with E-state index in [-0.39, 0.29) is 46.8 Å². The van der Waals surface area contributed by atoms with Gasteiger partial charge in [0.05, 0.1) is 18.2 Å². The van der Waals surface area contributed by atoms with Gasteiger partial charge in [0.25, 0.3) is 0 Å². The zero-order chi connectivity index (χ0) is 38.8. The Morgan fingerprint density at radius 2 is 1.70 bits per heavy atom. The van der Waals surface area contributed by atoms with Crippen LogP contribution >= 0.6 is 11.6 Å². The molecule has 1 saturated heterocycles. The van der Waals surface area contributed by atoms with Crippen molar-refractivity contribution < 1.29 is 39.1 Å². The van der Waals surface area contributed by atoms with Crippen molar-refractivity contribution >= 4 is 35.2 Å². The van der Waals surface area contributed by atoms with Gasteiger partial charge in [-0.2, -0.15) is 15.0 Å². The zero-order valence-electron chi connectivity index (χ0n) is 30.7. The summed E-state index contributed by atoms with van der Waals surface area (Å²) in [5, 5.41) is 37.8. The van der Waals surface area contributed by atoms with Crippen LogP contribution < -0.4 is 24.8 Å². The fourth-order valence-corrected chi connectivity index (χ4v) is 10.7. The van der Waals surface area contributed by atoms with Crippen molar-refractivity contribution in [3.63, 3.8) is 0 Å². The smallest absolute Gasteiger partial charge is 0.340 e. The van der Waals surface area contributed by atoms with Crippen LogP contribution in [0, 0.1) is 5.92 Å². The number of esters is 1. The average Bonchev–Trinajstić information content (AvgIpc) is 3.68. The summed E-state index contributed by atoms with van der Waals surface area (Å²) in [6, 6.07) is 19.0. The van der Waals surface area contributed by atoms with E-state index in [0.29, 0.717) is 63.7 Å². The number of likely N-dealkylation sites (tertiary alicyclic amines) is 1. The van der Waals surface area contributed by atoms with Gasteiger partial charge in [0, 0.05) is 51.5 Å². The first-order chi connectivity index (χ1) is 27.6. The Kier molecular flexibility index (Phi) is 7.45. The molecule has 57 heavy (non-hydrogen) atoms. The number of benzene rings is 4. The molecule has 5 aromatic rings. The molecule has 0 radical (unpaired) electrons. The Labute approximate surface area is 331 Å². The highest BCUT2D eigenvalue weighted by atomic mass is 35.5.